The molecule has 0 spiro atoms. The third kappa shape index (κ3) is 4.27. The summed E-state index contributed by atoms with van der Waals surface area (Å²) >= 11 is 0. The summed E-state index contributed by atoms with van der Waals surface area (Å²) in [5.41, 5.74) is 6.52. The van der Waals surface area contributed by atoms with Crippen molar-refractivity contribution in [2.45, 2.75) is 26.3 Å². The lowest BCUT2D eigenvalue weighted by molar-refractivity contribution is -0.274. The molecule has 0 aliphatic carbocycles. The Morgan fingerprint density at radius 2 is 1.89 bits per heavy atom. The predicted octanol–water partition coefficient (Wildman–Crippen LogP) is 4.81. The number of carbonyl (C=O) groups excluding carboxylic acids is 1. The van der Waals surface area contributed by atoms with E-state index in [1.54, 1.807) is 24.3 Å². The van der Waals surface area contributed by atoms with Crippen molar-refractivity contribution < 1.29 is 32.2 Å². The molecule has 8 heteroatoms. The molecule has 0 aromatic heterocycles. The monoisotopic (exact) mass is 381 g/mol. The van der Waals surface area contributed by atoms with Crippen LogP contribution < -0.4 is 15.2 Å². The van der Waals surface area contributed by atoms with E-state index >= 15 is 0 Å². The maximum atomic E-state index is 12.4. The molecular formula is C19H18F3NO4. The van der Waals surface area contributed by atoms with Gasteiger partial charge in [-0.3, -0.25) is 0 Å². The van der Waals surface area contributed by atoms with Crippen molar-refractivity contribution in [1.82, 2.24) is 0 Å². The van der Waals surface area contributed by atoms with Crippen LogP contribution in [-0.2, 0) is 4.74 Å². The minimum atomic E-state index is -4.76. The number of benzene rings is 2. The van der Waals surface area contributed by atoms with Crippen LogP contribution in [0.1, 0.15) is 25.5 Å². The summed E-state index contributed by atoms with van der Waals surface area (Å²) in [6, 6.07) is 10.8. The second-order valence-corrected chi connectivity index (χ2v) is 6.92. The van der Waals surface area contributed by atoms with Gasteiger partial charge in [0.25, 0.3) is 0 Å². The average Bonchev–Trinajstić information content (AvgIpc) is 2.55. The Hall–Kier alpha value is -2.90. The third-order valence-corrected chi connectivity index (χ3v) is 4.24. The molecule has 1 heterocycles. The standard InChI is InChI=1S/C19H18F3NO4/c1-18(2)10-25-15-9-12(6-7-14(15)16(18)26-17(23)24)11-4-3-5-13(8-11)27-19(20,21)22/h3-9,16H,10H2,1-2H3,(H2,23,24). The van der Waals surface area contributed by atoms with Gasteiger partial charge in [-0.15, -0.1) is 13.2 Å². The van der Waals surface area contributed by atoms with E-state index in [-0.39, 0.29) is 5.75 Å². The largest absolute Gasteiger partial charge is 0.573 e. The fourth-order valence-electron chi connectivity index (χ4n) is 3.03. The van der Waals surface area contributed by atoms with Crippen molar-refractivity contribution in [2.75, 3.05) is 6.61 Å². The van der Waals surface area contributed by atoms with Crippen molar-refractivity contribution in [1.29, 1.82) is 0 Å². The van der Waals surface area contributed by atoms with E-state index in [4.69, 9.17) is 15.2 Å². The molecular weight excluding hydrogens is 363 g/mol. The van der Waals surface area contributed by atoms with E-state index in [0.717, 1.165) is 0 Å². The van der Waals surface area contributed by atoms with Gasteiger partial charge in [0.05, 0.1) is 6.61 Å². The molecule has 0 saturated carbocycles. The lowest BCUT2D eigenvalue weighted by Crippen LogP contribution is -2.37. The predicted molar refractivity (Wildman–Crippen MR) is 91.2 cm³/mol. The number of primary amides is 1. The third-order valence-electron chi connectivity index (χ3n) is 4.24. The first-order valence-corrected chi connectivity index (χ1v) is 8.14. The topological polar surface area (TPSA) is 70.8 Å². The molecule has 1 aliphatic heterocycles. The highest BCUT2D eigenvalue weighted by atomic mass is 19.4. The molecule has 1 atom stereocenters. The second-order valence-electron chi connectivity index (χ2n) is 6.92. The van der Waals surface area contributed by atoms with Gasteiger partial charge in [0, 0.05) is 11.0 Å². The van der Waals surface area contributed by atoms with Crippen LogP contribution in [0.4, 0.5) is 18.0 Å². The van der Waals surface area contributed by atoms with Crippen molar-refractivity contribution >= 4 is 6.09 Å². The van der Waals surface area contributed by atoms with Crippen molar-refractivity contribution in [3.05, 3.63) is 48.0 Å². The van der Waals surface area contributed by atoms with Gasteiger partial charge in [-0.2, -0.15) is 0 Å². The molecule has 3 rings (SSSR count). The smallest absolute Gasteiger partial charge is 0.492 e. The van der Waals surface area contributed by atoms with E-state index < -0.39 is 24.0 Å². The molecule has 0 fully saturated rings. The number of rotatable bonds is 3. The van der Waals surface area contributed by atoms with Crippen LogP contribution in [0.15, 0.2) is 42.5 Å². The van der Waals surface area contributed by atoms with Gasteiger partial charge >= 0.3 is 12.5 Å². The fourth-order valence-corrected chi connectivity index (χ4v) is 3.03. The molecule has 0 radical (unpaired) electrons. The molecule has 1 aliphatic rings. The normalized spacial score (nSPS) is 18.2. The Morgan fingerprint density at radius 3 is 2.56 bits per heavy atom. The van der Waals surface area contributed by atoms with Gasteiger partial charge in [0.2, 0.25) is 0 Å². The molecule has 144 valence electrons. The quantitative estimate of drug-likeness (QED) is 0.829. The van der Waals surface area contributed by atoms with Crippen molar-refractivity contribution in [3.8, 4) is 22.6 Å². The van der Waals surface area contributed by atoms with Crippen LogP contribution in [0.5, 0.6) is 11.5 Å². The Bertz CT molecular complexity index is 864. The number of amides is 1. The van der Waals surface area contributed by atoms with Gasteiger partial charge in [0.15, 0.2) is 0 Å². The maximum absolute atomic E-state index is 12.4. The van der Waals surface area contributed by atoms with Crippen LogP contribution >= 0.6 is 0 Å². The minimum Gasteiger partial charge on any atom is -0.492 e. The number of carbonyl (C=O) groups is 1. The number of hydrogen-bond acceptors (Lipinski definition) is 4. The Kier molecular flexibility index (Phi) is 4.67. The Balaban J connectivity index is 1.95. The van der Waals surface area contributed by atoms with Gasteiger partial charge in [-0.25, -0.2) is 4.79 Å². The summed E-state index contributed by atoms with van der Waals surface area (Å²) in [7, 11) is 0. The second kappa shape index (κ2) is 6.68. The van der Waals surface area contributed by atoms with E-state index in [1.165, 1.54) is 18.2 Å². The van der Waals surface area contributed by atoms with E-state index in [9.17, 15) is 18.0 Å². The van der Waals surface area contributed by atoms with Gasteiger partial charge < -0.3 is 19.9 Å². The van der Waals surface area contributed by atoms with E-state index in [1.807, 2.05) is 13.8 Å². The summed E-state index contributed by atoms with van der Waals surface area (Å²) < 4.78 is 52.3. The van der Waals surface area contributed by atoms with Gasteiger partial charge in [-0.1, -0.05) is 38.1 Å². The van der Waals surface area contributed by atoms with E-state index in [0.29, 0.717) is 29.0 Å². The lowest BCUT2D eigenvalue weighted by atomic mass is 9.80. The zero-order valence-corrected chi connectivity index (χ0v) is 14.7. The van der Waals surface area contributed by atoms with Crippen LogP contribution in [0, 0.1) is 5.41 Å². The minimum absolute atomic E-state index is 0.290. The van der Waals surface area contributed by atoms with Crippen molar-refractivity contribution in [3.63, 3.8) is 0 Å². The van der Waals surface area contributed by atoms with Gasteiger partial charge in [0.1, 0.15) is 17.6 Å². The molecule has 0 saturated heterocycles. The van der Waals surface area contributed by atoms with Gasteiger partial charge in [-0.05, 0) is 29.3 Å². The number of halogens is 3. The molecule has 5 nitrogen and oxygen atoms in total. The SMILES string of the molecule is CC1(C)COc2cc(-c3cccc(OC(F)(F)F)c3)ccc2C1OC(N)=O. The Labute approximate surface area is 153 Å². The Morgan fingerprint density at radius 1 is 1.19 bits per heavy atom. The first-order chi connectivity index (χ1) is 12.5. The van der Waals surface area contributed by atoms with Crippen LogP contribution in [0.3, 0.4) is 0 Å². The summed E-state index contributed by atoms with van der Waals surface area (Å²) in [6.07, 6.45) is -6.24. The van der Waals surface area contributed by atoms with Crippen LogP contribution in [0.2, 0.25) is 0 Å². The summed E-state index contributed by atoms with van der Waals surface area (Å²) in [6.45, 7) is 4.06. The first kappa shape index (κ1) is 18.9. The van der Waals surface area contributed by atoms with Crippen LogP contribution in [-0.4, -0.2) is 19.1 Å². The maximum Gasteiger partial charge on any atom is 0.573 e. The number of fused-ring (bicyclic) bond motifs is 1. The molecule has 2 aromatic rings. The molecule has 1 amide bonds. The van der Waals surface area contributed by atoms with Crippen LogP contribution in [0.25, 0.3) is 11.1 Å². The highest BCUT2D eigenvalue weighted by Crippen LogP contribution is 2.46. The first-order valence-electron chi connectivity index (χ1n) is 8.14. The zero-order chi connectivity index (χ0) is 19.8. The summed E-state index contributed by atoms with van der Waals surface area (Å²) in [5, 5.41) is 0. The summed E-state index contributed by atoms with van der Waals surface area (Å²) in [4.78, 5) is 11.3. The number of ether oxygens (including phenoxy) is 3. The lowest BCUT2D eigenvalue weighted by Gasteiger charge is -2.38. The van der Waals surface area contributed by atoms with E-state index in [2.05, 4.69) is 4.74 Å². The number of hydrogen-bond donors (Lipinski definition) is 1. The van der Waals surface area contributed by atoms with Crippen molar-refractivity contribution in [2.24, 2.45) is 11.1 Å². The molecule has 0 bridgehead atoms. The summed E-state index contributed by atoms with van der Waals surface area (Å²) in [5.74, 6) is 0.176. The molecule has 2 aromatic carbocycles. The molecule has 27 heavy (non-hydrogen) atoms. The zero-order valence-electron chi connectivity index (χ0n) is 14.7. The highest BCUT2D eigenvalue weighted by molar-refractivity contribution is 5.69. The molecule has 2 N–H and O–H groups in total. The fraction of sp³-hybridized carbons (Fsp3) is 0.316. The number of alkyl halides is 3. The highest BCUT2D eigenvalue weighted by Gasteiger charge is 2.40. The average molecular weight is 381 g/mol. The number of nitrogens with two attached hydrogens (primary N) is 1. The molecule has 1 unspecified atom stereocenters.